The molecular formula is C11H19NO4. The molecule has 92 valence electrons. The second-order valence-electron chi connectivity index (χ2n) is 4.27. The first-order chi connectivity index (χ1) is 7.56. The number of ether oxygens (including phenoxy) is 1. The Balaban J connectivity index is 2.34. The van der Waals surface area contributed by atoms with Gasteiger partial charge in [0, 0.05) is 19.6 Å². The minimum Gasteiger partial charge on any atom is -0.481 e. The molecule has 1 saturated carbocycles. The number of rotatable bonds is 5. The summed E-state index contributed by atoms with van der Waals surface area (Å²) in [4.78, 5) is 22.0. The molecule has 0 heterocycles. The highest BCUT2D eigenvalue weighted by molar-refractivity contribution is 5.96. The molecule has 0 aromatic rings. The van der Waals surface area contributed by atoms with Gasteiger partial charge in [-0.1, -0.05) is 6.42 Å². The van der Waals surface area contributed by atoms with Crippen molar-refractivity contribution in [2.75, 3.05) is 13.7 Å². The second kappa shape index (κ2) is 5.84. The van der Waals surface area contributed by atoms with Gasteiger partial charge in [-0.2, -0.15) is 0 Å². The van der Waals surface area contributed by atoms with Gasteiger partial charge in [0.2, 0.25) is 5.91 Å². The van der Waals surface area contributed by atoms with Crippen molar-refractivity contribution >= 4 is 11.9 Å². The molecule has 2 N–H and O–H groups in total. The molecule has 0 aromatic carbocycles. The van der Waals surface area contributed by atoms with Crippen molar-refractivity contribution in [3.8, 4) is 0 Å². The third kappa shape index (κ3) is 3.20. The van der Waals surface area contributed by atoms with Gasteiger partial charge in [-0.15, -0.1) is 0 Å². The summed E-state index contributed by atoms with van der Waals surface area (Å²) in [7, 11) is 1.67. The normalized spacial score (nSPS) is 26.4. The van der Waals surface area contributed by atoms with E-state index in [2.05, 4.69) is 5.32 Å². The van der Waals surface area contributed by atoms with Crippen LogP contribution in [0.5, 0.6) is 0 Å². The fourth-order valence-corrected chi connectivity index (χ4v) is 2.04. The second-order valence-corrected chi connectivity index (χ2v) is 4.27. The molecule has 0 radical (unpaired) electrons. The van der Waals surface area contributed by atoms with Gasteiger partial charge in [-0.05, 0) is 19.8 Å². The number of aliphatic carboxylic acids is 1. The molecule has 1 fully saturated rings. The van der Waals surface area contributed by atoms with E-state index < -0.39 is 17.8 Å². The maximum Gasteiger partial charge on any atom is 0.315 e. The van der Waals surface area contributed by atoms with E-state index in [1.54, 1.807) is 7.11 Å². The zero-order valence-electron chi connectivity index (χ0n) is 9.73. The van der Waals surface area contributed by atoms with Crippen LogP contribution >= 0.6 is 0 Å². The predicted octanol–water partition coefficient (Wildman–Crippen LogP) is 0.638. The van der Waals surface area contributed by atoms with E-state index in [1.807, 2.05) is 0 Å². The zero-order chi connectivity index (χ0) is 12.1. The van der Waals surface area contributed by atoms with E-state index in [-0.39, 0.29) is 6.10 Å². The van der Waals surface area contributed by atoms with Gasteiger partial charge < -0.3 is 15.2 Å². The van der Waals surface area contributed by atoms with Crippen LogP contribution < -0.4 is 5.32 Å². The number of carboxylic acid groups (broad SMARTS) is 1. The van der Waals surface area contributed by atoms with Gasteiger partial charge in [0.15, 0.2) is 0 Å². The smallest absolute Gasteiger partial charge is 0.315 e. The van der Waals surface area contributed by atoms with Crippen LogP contribution in [0.15, 0.2) is 0 Å². The molecule has 5 nitrogen and oxygen atoms in total. The molecule has 0 spiro atoms. The lowest BCUT2D eigenvalue weighted by molar-refractivity contribution is -0.146. The van der Waals surface area contributed by atoms with Gasteiger partial charge in [0.1, 0.15) is 5.92 Å². The molecule has 0 aromatic heterocycles. The van der Waals surface area contributed by atoms with E-state index >= 15 is 0 Å². The van der Waals surface area contributed by atoms with E-state index in [4.69, 9.17) is 9.84 Å². The van der Waals surface area contributed by atoms with Crippen LogP contribution in [0.3, 0.4) is 0 Å². The summed E-state index contributed by atoms with van der Waals surface area (Å²) in [5.41, 5.74) is 0. The number of carbonyl (C=O) groups is 2. The summed E-state index contributed by atoms with van der Waals surface area (Å²) in [5.74, 6) is -2.18. The zero-order valence-corrected chi connectivity index (χ0v) is 9.73. The monoisotopic (exact) mass is 229 g/mol. The first-order valence-electron chi connectivity index (χ1n) is 5.59. The Bertz CT molecular complexity index is 267. The molecular weight excluding hydrogens is 210 g/mol. The maximum absolute atomic E-state index is 11.4. The van der Waals surface area contributed by atoms with E-state index in [1.165, 1.54) is 6.92 Å². The average Bonchev–Trinajstić information content (AvgIpc) is 2.71. The number of amides is 1. The molecule has 16 heavy (non-hydrogen) atoms. The van der Waals surface area contributed by atoms with Crippen molar-refractivity contribution in [1.82, 2.24) is 5.32 Å². The van der Waals surface area contributed by atoms with E-state index in [9.17, 15) is 9.59 Å². The number of hydrogen-bond acceptors (Lipinski definition) is 3. The summed E-state index contributed by atoms with van der Waals surface area (Å²) in [5, 5.41) is 11.3. The number of hydrogen-bond donors (Lipinski definition) is 2. The Labute approximate surface area is 95.2 Å². The average molecular weight is 229 g/mol. The van der Waals surface area contributed by atoms with Crippen molar-refractivity contribution in [3.63, 3.8) is 0 Å². The topological polar surface area (TPSA) is 75.6 Å². The predicted molar refractivity (Wildman–Crippen MR) is 57.9 cm³/mol. The summed E-state index contributed by atoms with van der Waals surface area (Å²) < 4.78 is 5.30. The Hall–Kier alpha value is -1.10. The molecule has 1 amide bonds. The summed E-state index contributed by atoms with van der Waals surface area (Å²) in [6.45, 7) is 1.90. The highest BCUT2D eigenvalue weighted by Gasteiger charge is 2.28. The van der Waals surface area contributed by atoms with Gasteiger partial charge in [-0.3, -0.25) is 9.59 Å². The van der Waals surface area contributed by atoms with Crippen molar-refractivity contribution in [3.05, 3.63) is 0 Å². The van der Waals surface area contributed by atoms with E-state index in [0.29, 0.717) is 12.5 Å². The Morgan fingerprint density at radius 2 is 2.19 bits per heavy atom. The van der Waals surface area contributed by atoms with Crippen molar-refractivity contribution in [2.24, 2.45) is 11.8 Å². The van der Waals surface area contributed by atoms with Crippen molar-refractivity contribution < 1.29 is 19.4 Å². The van der Waals surface area contributed by atoms with Crippen molar-refractivity contribution in [2.45, 2.75) is 32.3 Å². The SMILES string of the molecule is COC1CCCC1CNC(=O)C(C)C(=O)O. The quantitative estimate of drug-likeness (QED) is 0.678. The molecule has 0 bridgehead atoms. The third-order valence-electron chi connectivity index (χ3n) is 3.19. The molecule has 5 heteroatoms. The molecule has 1 rings (SSSR count). The van der Waals surface area contributed by atoms with Gasteiger partial charge in [-0.25, -0.2) is 0 Å². The molecule has 0 aliphatic heterocycles. The van der Waals surface area contributed by atoms with Crippen LogP contribution in [0.25, 0.3) is 0 Å². The van der Waals surface area contributed by atoms with Crippen LogP contribution in [-0.2, 0) is 14.3 Å². The fourth-order valence-electron chi connectivity index (χ4n) is 2.04. The minimum absolute atomic E-state index is 0.195. The third-order valence-corrected chi connectivity index (χ3v) is 3.19. The molecule has 1 aliphatic carbocycles. The molecule has 0 saturated heterocycles. The molecule has 1 aliphatic rings. The van der Waals surface area contributed by atoms with Crippen molar-refractivity contribution in [1.29, 1.82) is 0 Å². The highest BCUT2D eigenvalue weighted by Crippen LogP contribution is 2.27. The number of nitrogens with one attached hydrogen (secondary N) is 1. The lowest BCUT2D eigenvalue weighted by atomic mass is 10.1. The van der Waals surface area contributed by atoms with Crippen LogP contribution in [0.1, 0.15) is 26.2 Å². The number of carbonyl (C=O) groups excluding carboxylic acids is 1. The number of carboxylic acids is 1. The summed E-state index contributed by atoms with van der Waals surface area (Å²) in [6.07, 6.45) is 3.35. The van der Waals surface area contributed by atoms with Crippen LogP contribution in [0.4, 0.5) is 0 Å². The Kier molecular flexibility index (Phi) is 4.73. The molecule has 3 unspecified atom stereocenters. The Morgan fingerprint density at radius 1 is 1.50 bits per heavy atom. The first-order valence-corrected chi connectivity index (χ1v) is 5.59. The van der Waals surface area contributed by atoms with Crippen LogP contribution in [0.2, 0.25) is 0 Å². The van der Waals surface area contributed by atoms with Crippen LogP contribution in [-0.4, -0.2) is 36.7 Å². The van der Waals surface area contributed by atoms with Gasteiger partial charge in [0.05, 0.1) is 6.10 Å². The fraction of sp³-hybridized carbons (Fsp3) is 0.818. The summed E-state index contributed by atoms with van der Waals surface area (Å²) in [6, 6.07) is 0. The summed E-state index contributed by atoms with van der Waals surface area (Å²) >= 11 is 0. The first kappa shape index (κ1) is 13.0. The number of methoxy groups -OCH3 is 1. The van der Waals surface area contributed by atoms with Gasteiger partial charge in [0.25, 0.3) is 0 Å². The van der Waals surface area contributed by atoms with E-state index in [0.717, 1.165) is 19.3 Å². The van der Waals surface area contributed by atoms with Gasteiger partial charge >= 0.3 is 5.97 Å². The molecule has 3 atom stereocenters. The lowest BCUT2D eigenvalue weighted by Crippen LogP contribution is -2.38. The minimum atomic E-state index is -1.09. The van der Waals surface area contributed by atoms with Crippen LogP contribution in [0, 0.1) is 11.8 Å². The standard InChI is InChI=1S/C11H19NO4/c1-7(11(14)15)10(13)12-6-8-4-3-5-9(8)16-2/h7-9H,3-6H2,1-2H3,(H,12,13)(H,14,15). The lowest BCUT2D eigenvalue weighted by Gasteiger charge is -2.19. The maximum atomic E-state index is 11.4. The highest BCUT2D eigenvalue weighted by atomic mass is 16.5. The Morgan fingerprint density at radius 3 is 2.75 bits per heavy atom. The largest absolute Gasteiger partial charge is 0.481 e.